The zero-order chi connectivity index (χ0) is 21.6. The van der Waals surface area contributed by atoms with Gasteiger partial charge in [0.2, 0.25) is 15.9 Å². The summed E-state index contributed by atoms with van der Waals surface area (Å²) in [4.78, 5) is 18.6. The van der Waals surface area contributed by atoms with Crippen molar-refractivity contribution in [1.29, 1.82) is 0 Å². The molecule has 0 aliphatic carbocycles. The summed E-state index contributed by atoms with van der Waals surface area (Å²) < 4.78 is 32.8. The van der Waals surface area contributed by atoms with E-state index in [1.54, 1.807) is 17.0 Å². The zero-order valence-electron chi connectivity index (χ0n) is 17.2. The largest absolute Gasteiger partial charge is 0.468 e. The average Bonchev–Trinajstić information content (AvgIpc) is 3.13. The second-order valence-electron chi connectivity index (χ2n) is 7.76. The van der Waals surface area contributed by atoms with Crippen LogP contribution in [-0.2, 0) is 21.4 Å². The summed E-state index contributed by atoms with van der Waals surface area (Å²) >= 11 is 5.78. The highest BCUT2D eigenvalue weighted by molar-refractivity contribution is 7.89. The Kier molecular flexibility index (Phi) is 8.24. The van der Waals surface area contributed by atoms with Gasteiger partial charge in [0.25, 0.3) is 0 Å². The number of amides is 1. The first-order chi connectivity index (χ1) is 13.6. The maximum absolute atomic E-state index is 13.2. The Morgan fingerprint density at radius 1 is 1.14 bits per heavy atom. The minimum atomic E-state index is -3.97. The lowest BCUT2D eigenvalue weighted by Crippen LogP contribution is -2.45. The molecule has 0 N–H and O–H groups in total. The first-order valence-electron chi connectivity index (χ1n) is 9.51. The third-order valence-corrected chi connectivity index (χ3v) is 6.08. The van der Waals surface area contributed by atoms with Crippen molar-refractivity contribution >= 4 is 27.5 Å². The Morgan fingerprint density at radius 2 is 1.79 bits per heavy atom. The van der Waals surface area contributed by atoms with E-state index < -0.39 is 10.0 Å². The van der Waals surface area contributed by atoms with Gasteiger partial charge in [-0.15, -0.1) is 0 Å². The first kappa shape index (κ1) is 23.4. The number of carbonyl (C=O) groups excluding carboxylic acids is 1. The molecule has 0 radical (unpaired) electrons. The van der Waals surface area contributed by atoms with Crippen molar-refractivity contribution in [3.63, 3.8) is 0 Å². The summed E-state index contributed by atoms with van der Waals surface area (Å²) in [5.74, 6) is 0.744. The Balaban J connectivity index is 2.31. The van der Waals surface area contributed by atoms with Crippen molar-refractivity contribution in [2.45, 2.75) is 39.1 Å². The molecule has 0 saturated carbocycles. The van der Waals surface area contributed by atoms with Gasteiger partial charge in [-0.1, -0.05) is 39.3 Å². The molecule has 7 nitrogen and oxygen atoms in total. The van der Waals surface area contributed by atoms with E-state index in [1.807, 2.05) is 27.7 Å². The highest BCUT2D eigenvalue weighted by Crippen LogP contribution is 2.20. The number of pyridine rings is 1. The normalized spacial score (nSPS) is 12.1. The molecule has 0 atom stereocenters. The van der Waals surface area contributed by atoms with Crippen LogP contribution in [0.5, 0.6) is 0 Å². The molecule has 0 fully saturated rings. The summed E-state index contributed by atoms with van der Waals surface area (Å²) in [6, 6.07) is 6.14. The summed E-state index contributed by atoms with van der Waals surface area (Å²) in [5, 5.41) is 0.192. The van der Waals surface area contributed by atoms with Gasteiger partial charge in [-0.2, -0.15) is 4.31 Å². The summed E-state index contributed by atoms with van der Waals surface area (Å²) in [7, 11) is -3.97. The molecule has 160 valence electrons. The highest BCUT2D eigenvalue weighted by atomic mass is 35.5. The summed E-state index contributed by atoms with van der Waals surface area (Å²) in [6.07, 6.45) is 2.66. The average molecular weight is 442 g/mol. The smallest absolute Gasteiger partial charge is 0.245 e. The molecular weight excluding hydrogens is 414 g/mol. The predicted octanol–water partition coefficient (Wildman–Crippen LogP) is 3.66. The number of carbonyl (C=O) groups is 1. The molecule has 29 heavy (non-hydrogen) atoms. The molecule has 2 heterocycles. The lowest BCUT2D eigenvalue weighted by molar-refractivity contribution is -0.132. The molecule has 2 rings (SSSR count). The number of rotatable bonds is 10. The Morgan fingerprint density at radius 3 is 2.28 bits per heavy atom. The van der Waals surface area contributed by atoms with Crippen molar-refractivity contribution in [3.05, 3.63) is 47.6 Å². The fourth-order valence-electron chi connectivity index (χ4n) is 2.88. The van der Waals surface area contributed by atoms with Gasteiger partial charge in [-0.3, -0.25) is 4.79 Å². The van der Waals surface area contributed by atoms with Crippen LogP contribution in [-0.4, -0.2) is 48.1 Å². The minimum absolute atomic E-state index is 0.0273. The summed E-state index contributed by atoms with van der Waals surface area (Å²) in [5.41, 5.74) is 0. The number of hydrogen-bond acceptors (Lipinski definition) is 5. The lowest BCUT2D eigenvalue weighted by atomic mass is 10.1. The second-order valence-corrected chi connectivity index (χ2v) is 10.1. The fraction of sp³-hybridized carbons (Fsp3) is 0.500. The quantitative estimate of drug-likeness (QED) is 0.525. The molecule has 1 amide bonds. The van der Waals surface area contributed by atoms with E-state index in [0.29, 0.717) is 18.8 Å². The van der Waals surface area contributed by atoms with E-state index in [9.17, 15) is 13.2 Å². The van der Waals surface area contributed by atoms with Crippen LogP contribution >= 0.6 is 11.6 Å². The Labute approximate surface area is 177 Å². The van der Waals surface area contributed by atoms with Crippen molar-refractivity contribution in [1.82, 2.24) is 14.2 Å². The van der Waals surface area contributed by atoms with Gasteiger partial charge in [0.1, 0.15) is 15.8 Å². The third-order valence-electron chi connectivity index (χ3n) is 4.09. The number of halogens is 1. The van der Waals surface area contributed by atoms with Crippen molar-refractivity contribution < 1.29 is 17.6 Å². The van der Waals surface area contributed by atoms with Crippen molar-refractivity contribution in [3.8, 4) is 0 Å². The van der Waals surface area contributed by atoms with Crippen LogP contribution in [0.4, 0.5) is 0 Å². The Bertz CT molecular complexity index is 871. The van der Waals surface area contributed by atoms with E-state index in [1.165, 1.54) is 24.6 Å². The van der Waals surface area contributed by atoms with E-state index >= 15 is 0 Å². The molecule has 0 aromatic carbocycles. The maximum Gasteiger partial charge on any atom is 0.245 e. The van der Waals surface area contributed by atoms with Gasteiger partial charge in [-0.25, -0.2) is 13.4 Å². The maximum atomic E-state index is 13.2. The molecule has 0 spiro atoms. The third kappa shape index (κ3) is 6.83. The molecule has 0 aliphatic rings. The standard InChI is InChI=1S/C20H28ClN3O4S/c1-15(2)11-23(12-16(3)4)20(25)14-24(13-17-6-5-9-28-17)29(26,27)18-7-8-19(21)22-10-18/h5-10,15-16H,11-14H2,1-4H3. The van der Waals surface area contributed by atoms with Gasteiger partial charge in [0.15, 0.2) is 0 Å². The van der Waals surface area contributed by atoms with E-state index in [2.05, 4.69) is 4.98 Å². The van der Waals surface area contributed by atoms with Crippen molar-refractivity contribution in [2.75, 3.05) is 19.6 Å². The topological polar surface area (TPSA) is 83.7 Å². The van der Waals surface area contributed by atoms with Gasteiger partial charge < -0.3 is 9.32 Å². The van der Waals surface area contributed by atoms with E-state index in [0.717, 1.165) is 4.31 Å². The number of aromatic nitrogens is 1. The molecule has 0 unspecified atom stereocenters. The minimum Gasteiger partial charge on any atom is -0.468 e. The molecule has 0 aliphatic heterocycles. The molecule has 9 heteroatoms. The fourth-order valence-corrected chi connectivity index (χ4v) is 4.29. The van der Waals surface area contributed by atoms with Crippen LogP contribution in [0, 0.1) is 11.8 Å². The molecule has 0 saturated heterocycles. The lowest BCUT2D eigenvalue weighted by Gasteiger charge is -2.29. The van der Waals surface area contributed by atoms with Gasteiger partial charge >= 0.3 is 0 Å². The zero-order valence-corrected chi connectivity index (χ0v) is 18.8. The summed E-state index contributed by atoms with van der Waals surface area (Å²) in [6.45, 7) is 8.89. The van der Waals surface area contributed by atoms with Crippen LogP contribution in [0.25, 0.3) is 0 Å². The van der Waals surface area contributed by atoms with Crippen LogP contribution in [0.3, 0.4) is 0 Å². The van der Waals surface area contributed by atoms with Crippen LogP contribution in [0.15, 0.2) is 46.0 Å². The van der Waals surface area contributed by atoms with Crippen LogP contribution in [0.2, 0.25) is 5.15 Å². The van der Waals surface area contributed by atoms with Gasteiger partial charge in [-0.05, 0) is 36.1 Å². The van der Waals surface area contributed by atoms with E-state index in [4.69, 9.17) is 16.0 Å². The monoisotopic (exact) mass is 441 g/mol. The SMILES string of the molecule is CC(C)CN(CC(C)C)C(=O)CN(Cc1ccco1)S(=O)(=O)c1ccc(Cl)nc1. The number of furan rings is 1. The molecule has 0 bridgehead atoms. The molecule has 2 aromatic heterocycles. The van der Waals surface area contributed by atoms with Crippen LogP contribution in [0.1, 0.15) is 33.5 Å². The number of nitrogens with zero attached hydrogens (tertiary/aromatic N) is 3. The van der Waals surface area contributed by atoms with Gasteiger partial charge in [0, 0.05) is 19.3 Å². The van der Waals surface area contributed by atoms with E-state index in [-0.39, 0.29) is 40.9 Å². The number of hydrogen-bond donors (Lipinski definition) is 0. The van der Waals surface area contributed by atoms with Crippen molar-refractivity contribution in [2.24, 2.45) is 11.8 Å². The molecule has 2 aromatic rings. The number of sulfonamides is 1. The first-order valence-corrected chi connectivity index (χ1v) is 11.3. The second kappa shape index (κ2) is 10.2. The van der Waals surface area contributed by atoms with Gasteiger partial charge in [0.05, 0.1) is 19.4 Å². The van der Waals surface area contributed by atoms with Crippen LogP contribution < -0.4 is 0 Å². The molecular formula is C20H28ClN3O4S. The highest BCUT2D eigenvalue weighted by Gasteiger charge is 2.30. The Hall–Kier alpha value is -1.90. The predicted molar refractivity (Wildman–Crippen MR) is 112 cm³/mol.